The van der Waals surface area contributed by atoms with Crippen LogP contribution in [0.15, 0.2) is 22.6 Å². The van der Waals surface area contributed by atoms with Gasteiger partial charge in [-0.2, -0.15) is 5.26 Å². The lowest BCUT2D eigenvalue weighted by molar-refractivity contribution is 0.160. The van der Waals surface area contributed by atoms with E-state index in [1.54, 1.807) is 6.07 Å². The van der Waals surface area contributed by atoms with Crippen molar-refractivity contribution in [2.45, 2.75) is 38.6 Å². The van der Waals surface area contributed by atoms with Gasteiger partial charge in [-0.25, -0.2) is 4.39 Å². The maximum Gasteiger partial charge on any atom is 0.220 e. The third-order valence-electron chi connectivity index (χ3n) is 5.44. The summed E-state index contributed by atoms with van der Waals surface area (Å²) in [7, 11) is 0. The van der Waals surface area contributed by atoms with Crippen molar-refractivity contribution in [2.75, 3.05) is 13.1 Å². The number of likely N-dealkylation sites (tertiary alicyclic amines) is 1. The zero-order chi connectivity index (χ0) is 16.7. The molecule has 0 radical (unpaired) electrons. The molecule has 124 valence electrons. The van der Waals surface area contributed by atoms with Gasteiger partial charge in [0.2, 0.25) is 11.8 Å². The molecular formula is C18H19FN4O. The second-order valence-electron chi connectivity index (χ2n) is 6.98. The molecule has 5 nitrogen and oxygen atoms in total. The van der Waals surface area contributed by atoms with Gasteiger partial charge in [-0.15, -0.1) is 10.2 Å². The van der Waals surface area contributed by atoms with Gasteiger partial charge >= 0.3 is 0 Å². The number of hydrogen-bond acceptors (Lipinski definition) is 5. The minimum Gasteiger partial charge on any atom is -0.425 e. The van der Waals surface area contributed by atoms with Crippen LogP contribution < -0.4 is 0 Å². The van der Waals surface area contributed by atoms with Gasteiger partial charge in [0.05, 0.1) is 5.56 Å². The van der Waals surface area contributed by atoms with Crippen LogP contribution in [0.1, 0.15) is 48.1 Å². The molecule has 2 aromatic rings. The number of piperidine rings is 1. The molecule has 2 heterocycles. The third kappa shape index (κ3) is 2.69. The Morgan fingerprint density at radius 1 is 1.38 bits per heavy atom. The second kappa shape index (κ2) is 5.67. The molecule has 1 saturated heterocycles. The van der Waals surface area contributed by atoms with E-state index in [-0.39, 0.29) is 5.56 Å². The number of rotatable bonds is 3. The van der Waals surface area contributed by atoms with E-state index in [0.717, 1.165) is 50.4 Å². The molecule has 0 bridgehead atoms. The molecule has 24 heavy (non-hydrogen) atoms. The molecule has 1 aromatic carbocycles. The average molecular weight is 326 g/mol. The van der Waals surface area contributed by atoms with Crippen molar-refractivity contribution in [3.63, 3.8) is 0 Å². The molecule has 1 aliphatic carbocycles. The lowest BCUT2D eigenvalue weighted by atomic mass is 9.90. The quantitative estimate of drug-likeness (QED) is 0.867. The van der Waals surface area contributed by atoms with E-state index >= 15 is 0 Å². The molecule has 0 N–H and O–H groups in total. The molecule has 2 fully saturated rings. The van der Waals surface area contributed by atoms with E-state index in [9.17, 15) is 4.39 Å². The number of benzene rings is 1. The summed E-state index contributed by atoms with van der Waals surface area (Å²) in [5.41, 5.74) is 1.35. The highest BCUT2D eigenvalue weighted by atomic mass is 19.1. The first kappa shape index (κ1) is 15.3. The van der Waals surface area contributed by atoms with Crippen LogP contribution in [0.2, 0.25) is 0 Å². The lowest BCUT2D eigenvalue weighted by Crippen LogP contribution is -2.34. The van der Waals surface area contributed by atoms with Crippen molar-refractivity contribution < 1.29 is 8.81 Å². The van der Waals surface area contributed by atoms with E-state index < -0.39 is 5.82 Å². The summed E-state index contributed by atoms with van der Waals surface area (Å²) in [6.45, 7) is 4.53. The average Bonchev–Trinajstić information content (AvgIpc) is 3.10. The molecule has 2 aliphatic rings. The summed E-state index contributed by atoms with van der Waals surface area (Å²) >= 11 is 0. The normalized spacial score (nSPS) is 22.5. The van der Waals surface area contributed by atoms with E-state index in [2.05, 4.69) is 15.1 Å². The molecule has 1 unspecified atom stereocenters. The highest BCUT2D eigenvalue weighted by Crippen LogP contribution is 2.64. The fourth-order valence-corrected chi connectivity index (χ4v) is 3.86. The third-order valence-corrected chi connectivity index (χ3v) is 5.44. The molecule has 1 spiro atoms. The fourth-order valence-electron chi connectivity index (χ4n) is 3.86. The van der Waals surface area contributed by atoms with Crippen LogP contribution in [0.5, 0.6) is 0 Å². The highest BCUT2D eigenvalue weighted by molar-refractivity contribution is 5.33. The Balaban J connectivity index is 1.36. The SMILES string of the molecule is Cc1nnc(C2CC23CCN(Cc2ccc(C#N)c(F)c2)CC3)o1. The van der Waals surface area contributed by atoms with E-state index in [1.165, 1.54) is 6.07 Å². The number of aromatic nitrogens is 2. The summed E-state index contributed by atoms with van der Waals surface area (Å²) in [5, 5.41) is 16.9. The molecule has 1 atom stereocenters. The minimum atomic E-state index is -0.433. The molecule has 1 aliphatic heterocycles. The zero-order valence-electron chi connectivity index (χ0n) is 13.6. The van der Waals surface area contributed by atoms with Gasteiger partial charge < -0.3 is 4.42 Å². The van der Waals surface area contributed by atoms with Crippen molar-refractivity contribution in [3.05, 3.63) is 46.9 Å². The number of nitrogens with zero attached hydrogens (tertiary/aromatic N) is 4. The molecule has 0 amide bonds. The number of aryl methyl sites for hydroxylation is 1. The minimum absolute atomic E-state index is 0.104. The zero-order valence-corrected chi connectivity index (χ0v) is 13.6. The van der Waals surface area contributed by atoms with Crippen molar-refractivity contribution in [1.29, 1.82) is 5.26 Å². The summed E-state index contributed by atoms with van der Waals surface area (Å²) in [5.74, 6) is 1.40. The summed E-state index contributed by atoms with van der Waals surface area (Å²) in [4.78, 5) is 2.35. The van der Waals surface area contributed by atoms with Crippen LogP contribution in [-0.2, 0) is 6.54 Å². The van der Waals surface area contributed by atoms with E-state index in [0.29, 0.717) is 17.2 Å². The van der Waals surface area contributed by atoms with Gasteiger partial charge in [0.1, 0.15) is 11.9 Å². The molecule has 1 saturated carbocycles. The topological polar surface area (TPSA) is 66.0 Å². The monoisotopic (exact) mass is 326 g/mol. The maximum absolute atomic E-state index is 13.7. The Morgan fingerprint density at radius 3 is 2.79 bits per heavy atom. The molecule has 6 heteroatoms. The van der Waals surface area contributed by atoms with Crippen molar-refractivity contribution in [1.82, 2.24) is 15.1 Å². The number of hydrogen-bond donors (Lipinski definition) is 0. The Morgan fingerprint density at radius 2 is 2.17 bits per heavy atom. The van der Waals surface area contributed by atoms with Gasteiger partial charge in [-0.1, -0.05) is 6.07 Å². The first-order chi connectivity index (χ1) is 11.6. The van der Waals surface area contributed by atoms with Gasteiger partial charge in [-0.05, 0) is 55.5 Å². The largest absolute Gasteiger partial charge is 0.425 e. The van der Waals surface area contributed by atoms with Crippen LogP contribution in [0, 0.1) is 29.5 Å². The van der Waals surface area contributed by atoms with E-state index in [1.807, 2.05) is 19.1 Å². The van der Waals surface area contributed by atoms with Crippen LogP contribution in [0.25, 0.3) is 0 Å². The second-order valence-corrected chi connectivity index (χ2v) is 6.98. The maximum atomic E-state index is 13.7. The van der Waals surface area contributed by atoms with Crippen LogP contribution in [-0.4, -0.2) is 28.2 Å². The first-order valence-electron chi connectivity index (χ1n) is 8.30. The van der Waals surface area contributed by atoms with Gasteiger partial charge in [0.15, 0.2) is 0 Å². The van der Waals surface area contributed by atoms with Gasteiger partial charge in [-0.3, -0.25) is 4.90 Å². The Kier molecular flexibility index (Phi) is 3.61. The predicted octanol–water partition coefficient (Wildman–Crippen LogP) is 3.16. The summed E-state index contributed by atoms with van der Waals surface area (Å²) in [6.07, 6.45) is 3.35. The van der Waals surface area contributed by atoms with Crippen molar-refractivity contribution >= 4 is 0 Å². The first-order valence-corrected chi connectivity index (χ1v) is 8.30. The Bertz CT molecular complexity index is 802. The van der Waals surface area contributed by atoms with Gasteiger partial charge in [0, 0.05) is 19.4 Å². The van der Waals surface area contributed by atoms with Crippen LogP contribution in [0.3, 0.4) is 0 Å². The smallest absolute Gasteiger partial charge is 0.220 e. The van der Waals surface area contributed by atoms with E-state index in [4.69, 9.17) is 9.68 Å². The highest BCUT2D eigenvalue weighted by Gasteiger charge is 2.58. The Labute approximate surface area is 140 Å². The summed E-state index contributed by atoms with van der Waals surface area (Å²) in [6, 6.07) is 6.74. The fraction of sp³-hybridized carbons (Fsp3) is 0.500. The van der Waals surface area contributed by atoms with Crippen LogP contribution >= 0.6 is 0 Å². The van der Waals surface area contributed by atoms with Crippen molar-refractivity contribution in [3.8, 4) is 6.07 Å². The summed E-state index contributed by atoms with van der Waals surface area (Å²) < 4.78 is 19.3. The molecule has 4 rings (SSSR count). The standard InChI is InChI=1S/C18H19FN4O/c1-12-21-22-17(24-12)15-9-18(15)4-6-23(7-5-18)11-13-2-3-14(10-20)16(19)8-13/h2-3,8,15H,4-7,9,11H2,1H3. The van der Waals surface area contributed by atoms with Crippen LogP contribution in [0.4, 0.5) is 4.39 Å². The Hall–Kier alpha value is -2.26. The number of halogens is 1. The number of nitriles is 1. The predicted molar refractivity (Wildman–Crippen MR) is 84.5 cm³/mol. The van der Waals surface area contributed by atoms with Gasteiger partial charge in [0.25, 0.3) is 0 Å². The molecular weight excluding hydrogens is 307 g/mol. The van der Waals surface area contributed by atoms with Crippen molar-refractivity contribution in [2.24, 2.45) is 5.41 Å². The lowest BCUT2D eigenvalue weighted by Gasteiger charge is -2.32. The molecule has 1 aromatic heterocycles.